The highest BCUT2D eigenvalue weighted by Gasteiger charge is 2.41. The number of rotatable bonds is 8. The maximum Gasteiger partial charge on any atom is 0.262 e. The van der Waals surface area contributed by atoms with Gasteiger partial charge in [-0.05, 0) is 24.1 Å². The SMILES string of the molecule is CCCNC(=O)CO[C@H]1CN(S(=O)(=O)c2cn(C)cn2)C[C@@H]1c1ccc(F)cc1. The Labute approximate surface area is 169 Å². The zero-order chi connectivity index (χ0) is 21.0. The van der Waals surface area contributed by atoms with E-state index in [1.54, 1.807) is 23.7 Å². The molecule has 2 heterocycles. The lowest BCUT2D eigenvalue weighted by atomic mass is 9.96. The van der Waals surface area contributed by atoms with E-state index in [-0.39, 0.29) is 42.4 Å². The van der Waals surface area contributed by atoms with Crippen molar-refractivity contribution < 1.29 is 22.3 Å². The van der Waals surface area contributed by atoms with Crippen molar-refractivity contribution >= 4 is 15.9 Å². The number of nitrogens with one attached hydrogen (secondary N) is 1. The molecule has 1 saturated heterocycles. The van der Waals surface area contributed by atoms with Crippen LogP contribution < -0.4 is 5.32 Å². The lowest BCUT2D eigenvalue weighted by molar-refractivity contribution is -0.127. The Morgan fingerprint density at radius 1 is 1.31 bits per heavy atom. The topological polar surface area (TPSA) is 93.5 Å². The van der Waals surface area contributed by atoms with Gasteiger partial charge < -0.3 is 14.6 Å². The van der Waals surface area contributed by atoms with Gasteiger partial charge in [0, 0.05) is 38.8 Å². The Morgan fingerprint density at radius 2 is 2.03 bits per heavy atom. The van der Waals surface area contributed by atoms with Crippen LogP contribution in [0.2, 0.25) is 0 Å². The van der Waals surface area contributed by atoms with Crippen LogP contribution in [0.1, 0.15) is 24.8 Å². The number of hydrogen-bond donors (Lipinski definition) is 1. The molecule has 0 saturated carbocycles. The van der Waals surface area contributed by atoms with Gasteiger partial charge in [0.25, 0.3) is 10.0 Å². The fourth-order valence-corrected chi connectivity index (χ4v) is 4.73. The van der Waals surface area contributed by atoms with E-state index in [0.29, 0.717) is 6.54 Å². The highest BCUT2D eigenvalue weighted by Crippen LogP contribution is 2.33. The highest BCUT2D eigenvalue weighted by molar-refractivity contribution is 7.89. The largest absolute Gasteiger partial charge is 0.366 e. The zero-order valence-electron chi connectivity index (χ0n) is 16.4. The first kappa shape index (κ1) is 21.4. The minimum absolute atomic E-state index is 0.0424. The molecular formula is C19H25FN4O4S. The Balaban J connectivity index is 1.79. The van der Waals surface area contributed by atoms with Gasteiger partial charge in [0.2, 0.25) is 5.91 Å². The standard InChI is InChI=1S/C19H25FN4O4S/c1-3-8-21-18(25)12-28-17-10-24(29(26,27)19-11-23(2)13-22-19)9-16(17)14-4-6-15(20)7-5-14/h4-7,11,13,16-17H,3,8-10,12H2,1-2H3,(H,21,25)/t16-,17+/m1/s1. The molecular weight excluding hydrogens is 399 g/mol. The highest BCUT2D eigenvalue weighted by atomic mass is 32.2. The molecule has 2 aromatic rings. The molecule has 3 rings (SSSR count). The van der Waals surface area contributed by atoms with Crippen molar-refractivity contribution in [1.29, 1.82) is 0 Å². The molecule has 8 nitrogen and oxygen atoms in total. The van der Waals surface area contributed by atoms with Crippen LogP contribution in [0.4, 0.5) is 4.39 Å². The van der Waals surface area contributed by atoms with Crippen LogP contribution >= 0.6 is 0 Å². The lowest BCUT2D eigenvalue weighted by Crippen LogP contribution is -2.33. The van der Waals surface area contributed by atoms with E-state index in [1.165, 1.54) is 29.0 Å². The summed E-state index contributed by atoms with van der Waals surface area (Å²) in [5.74, 6) is -0.954. The van der Waals surface area contributed by atoms with Gasteiger partial charge >= 0.3 is 0 Å². The number of carbonyl (C=O) groups excluding carboxylic acids is 1. The first-order valence-corrected chi connectivity index (χ1v) is 10.9. The van der Waals surface area contributed by atoms with Gasteiger partial charge in [-0.25, -0.2) is 17.8 Å². The molecule has 1 aromatic carbocycles. The van der Waals surface area contributed by atoms with Crippen LogP contribution in [0, 0.1) is 5.82 Å². The predicted molar refractivity (Wildman–Crippen MR) is 104 cm³/mol. The Bertz CT molecular complexity index is 945. The van der Waals surface area contributed by atoms with Crippen molar-refractivity contribution in [3.8, 4) is 0 Å². The molecule has 0 unspecified atom stereocenters. The monoisotopic (exact) mass is 424 g/mol. The van der Waals surface area contributed by atoms with Crippen molar-refractivity contribution in [3.63, 3.8) is 0 Å². The first-order chi connectivity index (χ1) is 13.8. The Morgan fingerprint density at radius 3 is 2.66 bits per heavy atom. The van der Waals surface area contributed by atoms with Crippen molar-refractivity contribution in [3.05, 3.63) is 48.2 Å². The van der Waals surface area contributed by atoms with Crippen LogP contribution in [-0.2, 0) is 26.6 Å². The van der Waals surface area contributed by atoms with E-state index in [2.05, 4.69) is 10.3 Å². The number of halogens is 1. The third-order valence-corrected chi connectivity index (χ3v) is 6.53. The summed E-state index contributed by atoms with van der Waals surface area (Å²) in [7, 11) is -2.11. The van der Waals surface area contributed by atoms with E-state index >= 15 is 0 Å². The smallest absolute Gasteiger partial charge is 0.262 e. The summed E-state index contributed by atoms with van der Waals surface area (Å²) < 4.78 is 47.9. The average Bonchev–Trinajstić information content (AvgIpc) is 3.32. The van der Waals surface area contributed by atoms with Gasteiger partial charge in [-0.1, -0.05) is 19.1 Å². The number of benzene rings is 1. The summed E-state index contributed by atoms with van der Waals surface area (Å²) >= 11 is 0. The fourth-order valence-electron chi connectivity index (χ4n) is 3.29. The summed E-state index contributed by atoms with van der Waals surface area (Å²) in [6, 6.07) is 5.89. The molecule has 1 aliphatic heterocycles. The molecule has 2 atom stereocenters. The van der Waals surface area contributed by atoms with Gasteiger partial charge in [-0.3, -0.25) is 4.79 Å². The van der Waals surface area contributed by atoms with Crippen LogP contribution in [0.15, 0.2) is 41.8 Å². The zero-order valence-corrected chi connectivity index (χ0v) is 17.2. The number of imidazole rings is 1. The molecule has 0 aliphatic carbocycles. The van der Waals surface area contributed by atoms with Gasteiger partial charge in [-0.15, -0.1) is 0 Å². The second-order valence-corrected chi connectivity index (χ2v) is 8.94. The first-order valence-electron chi connectivity index (χ1n) is 9.43. The summed E-state index contributed by atoms with van der Waals surface area (Å²) in [5.41, 5.74) is 0.754. The van der Waals surface area contributed by atoms with E-state index in [9.17, 15) is 17.6 Å². The number of sulfonamides is 1. The van der Waals surface area contributed by atoms with E-state index in [4.69, 9.17) is 4.74 Å². The maximum absolute atomic E-state index is 13.3. The summed E-state index contributed by atoms with van der Waals surface area (Å²) in [4.78, 5) is 15.9. The molecule has 1 fully saturated rings. The molecule has 1 N–H and O–H groups in total. The predicted octanol–water partition coefficient (Wildman–Crippen LogP) is 1.26. The van der Waals surface area contributed by atoms with Crippen molar-refractivity contribution in [2.45, 2.75) is 30.4 Å². The third-order valence-electron chi connectivity index (χ3n) is 4.82. The number of carbonyl (C=O) groups is 1. The summed E-state index contributed by atoms with van der Waals surface area (Å²) in [6.07, 6.45) is 3.14. The Hall–Kier alpha value is -2.30. The van der Waals surface area contributed by atoms with Gasteiger partial charge in [0.1, 0.15) is 12.4 Å². The van der Waals surface area contributed by atoms with Gasteiger partial charge in [-0.2, -0.15) is 4.31 Å². The van der Waals surface area contributed by atoms with Crippen LogP contribution in [0.3, 0.4) is 0 Å². The van der Waals surface area contributed by atoms with Crippen molar-refractivity contribution in [2.24, 2.45) is 7.05 Å². The summed E-state index contributed by atoms with van der Waals surface area (Å²) in [5, 5.41) is 2.69. The number of amides is 1. The molecule has 1 aromatic heterocycles. The molecule has 0 spiro atoms. The van der Waals surface area contributed by atoms with Crippen LogP contribution in [0.25, 0.3) is 0 Å². The molecule has 1 aliphatic rings. The number of aromatic nitrogens is 2. The summed E-state index contributed by atoms with van der Waals surface area (Å²) in [6.45, 7) is 2.57. The maximum atomic E-state index is 13.3. The fraction of sp³-hybridized carbons (Fsp3) is 0.474. The molecule has 10 heteroatoms. The second-order valence-electron chi connectivity index (χ2n) is 7.06. The quantitative estimate of drug-likeness (QED) is 0.689. The third kappa shape index (κ3) is 5.01. The number of ether oxygens (including phenoxy) is 1. The van der Waals surface area contributed by atoms with Crippen LogP contribution in [0.5, 0.6) is 0 Å². The molecule has 0 bridgehead atoms. The van der Waals surface area contributed by atoms with Crippen molar-refractivity contribution in [1.82, 2.24) is 19.2 Å². The minimum atomic E-state index is -3.81. The van der Waals surface area contributed by atoms with E-state index < -0.39 is 16.1 Å². The minimum Gasteiger partial charge on any atom is -0.366 e. The van der Waals surface area contributed by atoms with Crippen LogP contribution in [-0.4, -0.2) is 60.5 Å². The Kier molecular flexibility index (Phi) is 6.66. The van der Waals surface area contributed by atoms with Gasteiger partial charge in [0.15, 0.2) is 5.03 Å². The molecule has 29 heavy (non-hydrogen) atoms. The van der Waals surface area contributed by atoms with E-state index in [1.807, 2.05) is 6.92 Å². The van der Waals surface area contributed by atoms with E-state index in [0.717, 1.165) is 12.0 Å². The molecule has 158 valence electrons. The normalized spacial score (nSPS) is 20.1. The molecule has 0 radical (unpaired) electrons. The average molecular weight is 424 g/mol. The van der Waals surface area contributed by atoms with Gasteiger partial charge in [0.05, 0.1) is 12.4 Å². The molecule has 1 amide bonds. The second kappa shape index (κ2) is 9.02. The number of hydrogen-bond acceptors (Lipinski definition) is 5. The number of aryl methyl sites for hydroxylation is 1. The lowest BCUT2D eigenvalue weighted by Gasteiger charge is -2.19. The number of nitrogens with zero attached hydrogens (tertiary/aromatic N) is 3. The van der Waals surface area contributed by atoms with Crippen molar-refractivity contribution in [2.75, 3.05) is 26.2 Å².